The quantitative estimate of drug-likeness (QED) is 0.409. The number of nitrogens with zero attached hydrogens (tertiary/aromatic N) is 1. The Morgan fingerprint density at radius 2 is 2.00 bits per heavy atom. The van der Waals surface area contributed by atoms with Gasteiger partial charge in [-0.3, -0.25) is 4.79 Å². The molecule has 0 amide bonds. The number of aromatic nitrogens is 1. The molecule has 1 atom stereocenters. The molecule has 0 bridgehead atoms. The third-order valence-electron chi connectivity index (χ3n) is 4.12. The average molecular weight is 359 g/mol. The lowest BCUT2D eigenvalue weighted by Crippen LogP contribution is -2.16. The molecule has 0 saturated heterocycles. The van der Waals surface area contributed by atoms with E-state index in [9.17, 15) is 9.59 Å². The first kappa shape index (κ1) is 19.7. The average Bonchev–Trinajstić information content (AvgIpc) is 3.13. The molecule has 0 fully saturated rings. The zero-order chi connectivity index (χ0) is 19.3. The van der Waals surface area contributed by atoms with E-state index < -0.39 is 5.97 Å². The monoisotopic (exact) mass is 359 g/mol. The number of ketones is 1. The van der Waals surface area contributed by atoms with E-state index in [2.05, 4.69) is 4.57 Å². The van der Waals surface area contributed by atoms with Gasteiger partial charge in [-0.2, -0.15) is 0 Å². The van der Waals surface area contributed by atoms with E-state index in [-0.39, 0.29) is 18.4 Å². The SMILES string of the molecule is COCC(C)n1c(C)cc(C(=O)COC(=O)/C=C/c2ccc(C)o2)c1C. The first-order valence-corrected chi connectivity index (χ1v) is 8.45. The Hall–Kier alpha value is -2.60. The molecule has 0 aromatic carbocycles. The van der Waals surface area contributed by atoms with Crippen LogP contribution in [0.4, 0.5) is 0 Å². The standard InChI is InChI=1S/C20H25NO5/c1-13-10-18(16(4)21(13)14(2)11-24-5)19(22)12-25-20(23)9-8-17-7-6-15(3)26-17/h6-10,14H,11-12H2,1-5H3/b9-8+. The second-order valence-electron chi connectivity index (χ2n) is 6.27. The van der Waals surface area contributed by atoms with Crippen molar-refractivity contribution in [2.24, 2.45) is 0 Å². The summed E-state index contributed by atoms with van der Waals surface area (Å²) in [5, 5.41) is 0. The van der Waals surface area contributed by atoms with Crippen LogP contribution in [0.1, 0.15) is 46.2 Å². The summed E-state index contributed by atoms with van der Waals surface area (Å²) in [6, 6.07) is 5.48. The van der Waals surface area contributed by atoms with Crippen LogP contribution in [-0.4, -0.2) is 36.6 Å². The number of hydrogen-bond donors (Lipinski definition) is 0. The lowest BCUT2D eigenvalue weighted by atomic mass is 10.1. The van der Waals surface area contributed by atoms with Crippen LogP contribution < -0.4 is 0 Å². The zero-order valence-corrected chi connectivity index (χ0v) is 15.9. The van der Waals surface area contributed by atoms with E-state index in [1.165, 1.54) is 12.2 Å². The molecule has 2 heterocycles. The van der Waals surface area contributed by atoms with Crippen LogP contribution >= 0.6 is 0 Å². The first-order chi connectivity index (χ1) is 12.3. The predicted octanol–water partition coefficient (Wildman–Crippen LogP) is 3.65. The summed E-state index contributed by atoms with van der Waals surface area (Å²) in [5.41, 5.74) is 2.37. The summed E-state index contributed by atoms with van der Waals surface area (Å²) < 4.78 is 17.6. The van der Waals surface area contributed by atoms with Crippen molar-refractivity contribution in [3.8, 4) is 0 Å². The molecule has 2 rings (SSSR count). The Morgan fingerprint density at radius 1 is 1.27 bits per heavy atom. The third-order valence-corrected chi connectivity index (χ3v) is 4.12. The lowest BCUT2D eigenvalue weighted by molar-refractivity contribution is -0.136. The molecule has 2 aromatic rings. The van der Waals surface area contributed by atoms with Crippen LogP contribution in [-0.2, 0) is 14.3 Å². The molecule has 0 aliphatic heterocycles. The van der Waals surface area contributed by atoms with Gasteiger partial charge < -0.3 is 18.5 Å². The minimum Gasteiger partial charge on any atom is -0.462 e. The number of ether oxygens (including phenoxy) is 2. The van der Waals surface area contributed by atoms with Gasteiger partial charge in [0, 0.05) is 30.1 Å². The molecule has 0 aliphatic carbocycles. The molecular formula is C20H25NO5. The van der Waals surface area contributed by atoms with Gasteiger partial charge in [-0.05, 0) is 52.0 Å². The van der Waals surface area contributed by atoms with Gasteiger partial charge in [0.1, 0.15) is 11.5 Å². The molecule has 0 N–H and O–H groups in total. The van der Waals surface area contributed by atoms with E-state index in [0.717, 1.165) is 17.1 Å². The van der Waals surface area contributed by atoms with Crippen molar-refractivity contribution in [2.75, 3.05) is 20.3 Å². The molecule has 0 radical (unpaired) electrons. The number of methoxy groups -OCH3 is 1. The Bertz CT molecular complexity index is 812. The topological polar surface area (TPSA) is 70.7 Å². The van der Waals surface area contributed by atoms with Crippen molar-refractivity contribution >= 4 is 17.8 Å². The van der Waals surface area contributed by atoms with Crippen LogP contribution in [0.5, 0.6) is 0 Å². The van der Waals surface area contributed by atoms with Gasteiger partial charge in [-0.25, -0.2) is 4.79 Å². The fourth-order valence-corrected chi connectivity index (χ4v) is 3.01. The van der Waals surface area contributed by atoms with Crippen molar-refractivity contribution in [3.63, 3.8) is 0 Å². The normalized spacial score (nSPS) is 12.5. The Labute approximate surface area is 153 Å². The highest BCUT2D eigenvalue weighted by Crippen LogP contribution is 2.21. The highest BCUT2D eigenvalue weighted by atomic mass is 16.5. The smallest absolute Gasteiger partial charge is 0.331 e. The van der Waals surface area contributed by atoms with Gasteiger partial charge in [0.05, 0.1) is 12.6 Å². The van der Waals surface area contributed by atoms with Crippen LogP contribution in [0.15, 0.2) is 28.7 Å². The summed E-state index contributed by atoms with van der Waals surface area (Å²) in [7, 11) is 1.65. The maximum absolute atomic E-state index is 12.4. The first-order valence-electron chi connectivity index (χ1n) is 8.45. The molecule has 0 saturated carbocycles. The van der Waals surface area contributed by atoms with E-state index >= 15 is 0 Å². The van der Waals surface area contributed by atoms with Crippen molar-refractivity contribution < 1.29 is 23.5 Å². The van der Waals surface area contributed by atoms with Crippen molar-refractivity contribution in [3.05, 3.63) is 52.7 Å². The molecule has 6 heteroatoms. The minimum absolute atomic E-state index is 0.115. The van der Waals surface area contributed by atoms with Gasteiger partial charge in [0.15, 0.2) is 6.61 Å². The molecule has 26 heavy (non-hydrogen) atoms. The van der Waals surface area contributed by atoms with E-state index in [0.29, 0.717) is 17.9 Å². The van der Waals surface area contributed by atoms with Gasteiger partial charge in [0.2, 0.25) is 5.78 Å². The summed E-state index contributed by atoms with van der Waals surface area (Å²) in [5.74, 6) is 0.492. The maximum Gasteiger partial charge on any atom is 0.331 e. The van der Waals surface area contributed by atoms with Crippen molar-refractivity contribution in [1.82, 2.24) is 4.57 Å². The molecule has 140 valence electrons. The molecule has 6 nitrogen and oxygen atoms in total. The number of aryl methyl sites for hydroxylation is 2. The number of rotatable bonds is 8. The zero-order valence-electron chi connectivity index (χ0n) is 15.9. The summed E-state index contributed by atoms with van der Waals surface area (Å²) in [6.45, 7) is 7.92. The van der Waals surface area contributed by atoms with E-state index in [1.54, 1.807) is 19.2 Å². The molecular weight excluding hydrogens is 334 g/mol. The highest BCUT2D eigenvalue weighted by molar-refractivity contribution is 6.00. The summed E-state index contributed by atoms with van der Waals surface area (Å²) in [6.07, 6.45) is 2.76. The van der Waals surface area contributed by atoms with Crippen LogP contribution in [0.2, 0.25) is 0 Å². The Balaban J connectivity index is 1.98. The van der Waals surface area contributed by atoms with Crippen LogP contribution in [0.3, 0.4) is 0 Å². The van der Waals surface area contributed by atoms with E-state index in [1.807, 2.05) is 33.8 Å². The molecule has 0 aliphatic rings. The third kappa shape index (κ3) is 4.73. The lowest BCUT2D eigenvalue weighted by Gasteiger charge is -2.17. The highest BCUT2D eigenvalue weighted by Gasteiger charge is 2.19. The number of esters is 1. The second-order valence-corrected chi connectivity index (χ2v) is 6.27. The second kappa shape index (κ2) is 8.67. The largest absolute Gasteiger partial charge is 0.462 e. The predicted molar refractivity (Wildman–Crippen MR) is 98.3 cm³/mol. The maximum atomic E-state index is 12.4. The van der Waals surface area contributed by atoms with Gasteiger partial charge >= 0.3 is 5.97 Å². The van der Waals surface area contributed by atoms with Crippen LogP contribution in [0, 0.1) is 20.8 Å². The van der Waals surface area contributed by atoms with Gasteiger partial charge in [-0.1, -0.05) is 0 Å². The fourth-order valence-electron chi connectivity index (χ4n) is 3.01. The van der Waals surface area contributed by atoms with E-state index in [4.69, 9.17) is 13.9 Å². The minimum atomic E-state index is -0.589. The van der Waals surface area contributed by atoms with Gasteiger partial charge in [0.25, 0.3) is 0 Å². The number of furan rings is 1. The number of Topliss-reactive ketones (excluding diaryl/α,β-unsaturated/α-hetero) is 1. The van der Waals surface area contributed by atoms with Crippen LogP contribution in [0.25, 0.3) is 6.08 Å². The Kier molecular flexibility index (Phi) is 6.58. The fraction of sp³-hybridized carbons (Fsp3) is 0.400. The van der Waals surface area contributed by atoms with Gasteiger partial charge in [-0.15, -0.1) is 0 Å². The number of carbonyl (C=O) groups is 2. The molecule has 0 spiro atoms. The van der Waals surface area contributed by atoms with Crippen molar-refractivity contribution in [2.45, 2.75) is 33.7 Å². The number of carbonyl (C=O) groups excluding carboxylic acids is 2. The Morgan fingerprint density at radius 3 is 2.62 bits per heavy atom. The van der Waals surface area contributed by atoms with Crippen molar-refractivity contribution in [1.29, 1.82) is 0 Å². The summed E-state index contributed by atoms with van der Waals surface area (Å²) in [4.78, 5) is 24.2. The molecule has 2 aromatic heterocycles. The molecule has 1 unspecified atom stereocenters. The summed E-state index contributed by atoms with van der Waals surface area (Å²) >= 11 is 0. The number of hydrogen-bond acceptors (Lipinski definition) is 5.